The van der Waals surface area contributed by atoms with Gasteiger partial charge in [0, 0.05) is 18.8 Å². The number of anilines is 1. The fourth-order valence-corrected chi connectivity index (χ4v) is 4.34. The predicted octanol–water partition coefficient (Wildman–Crippen LogP) is 6.26. The zero-order valence-corrected chi connectivity index (χ0v) is 18.2. The van der Waals surface area contributed by atoms with E-state index in [2.05, 4.69) is 10.2 Å². The fraction of sp³-hybridized carbons (Fsp3) is 0.375. The second kappa shape index (κ2) is 10.0. The van der Waals surface area contributed by atoms with E-state index in [1.54, 1.807) is 12.1 Å². The maximum atomic E-state index is 13.5. The molecular weight excluding hydrogens is 444 g/mol. The molecule has 0 spiro atoms. The highest BCUT2D eigenvalue weighted by atomic mass is 35.5. The minimum Gasteiger partial charge on any atom is -0.325 e. The van der Waals surface area contributed by atoms with E-state index in [1.165, 1.54) is 24.3 Å². The van der Waals surface area contributed by atoms with Crippen LogP contribution in [0.25, 0.3) is 5.57 Å². The number of amides is 1. The Morgan fingerprint density at radius 2 is 1.91 bits per heavy atom. The molecule has 2 aromatic carbocycles. The third-order valence-electron chi connectivity index (χ3n) is 6.03. The van der Waals surface area contributed by atoms with Crippen molar-refractivity contribution < 1.29 is 22.4 Å². The Morgan fingerprint density at radius 1 is 1.09 bits per heavy atom. The number of hydrogen-bond acceptors (Lipinski definition) is 2. The van der Waals surface area contributed by atoms with Crippen molar-refractivity contribution in [1.29, 1.82) is 0 Å². The Kier molecular flexibility index (Phi) is 7.62. The molecule has 1 N–H and O–H groups in total. The molecule has 2 aliphatic heterocycles. The Hall–Kier alpha value is -2.38. The van der Waals surface area contributed by atoms with Crippen molar-refractivity contribution >= 4 is 29.6 Å². The first kappa shape index (κ1) is 24.3. The molecule has 2 aromatic rings. The van der Waals surface area contributed by atoms with Crippen molar-refractivity contribution in [2.45, 2.75) is 37.8 Å². The van der Waals surface area contributed by atoms with E-state index in [-0.39, 0.29) is 30.0 Å². The average molecular weight is 469 g/mol. The largest absolute Gasteiger partial charge is 0.416 e. The standard InChI is InChI=1S/C24H24F4N2O.ClH/c25-19-7-8-22-21(15-19)20(23(31)29-22)6-1-2-11-30-12-9-16(10-13-30)17-4-3-5-18(14-17)24(26,27)28;/h3-5,7-9,14-15,20H,1-2,6,10-13H2,(H,29,31);1H. The molecular formula is C24H25ClF4N2O. The molecule has 0 bridgehead atoms. The molecule has 3 nitrogen and oxygen atoms in total. The summed E-state index contributed by atoms with van der Waals surface area (Å²) in [6.45, 7) is 2.35. The smallest absolute Gasteiger partial charge is 0.325 e. The van der Waals surface area contributed by atoms with Gasteiger partial charge >= 0.3 is 6.18 Å². The van der Waals surface area contributed by atoms with E-state index < -0.39 is 11.7 Å². The van der Waals surface area contributed by atoms with Crippen molar-refractivity contribution in [3.63, 3.8) is 0 Å². The van der Waals surface area contributed by atoms with Gasteiger partial charge in [-0.05, 0) is 72.8 Å². The maximum Gasteiger partial charge on any atom is 0.416 e. The third kappa shape index (κ3) is 5.51. The van der Waals surface area contributed by atoms with Crippen LogP contribution in [0.5, 0.6) is 0 Å². The number of benzene rings is 2. The molecule has 0 aliphatic carbocycles. The number of nitrogens with zero attached hydrogens (tertiary/aromatic N) is 1. The van der Waals surface area contributed by atoms with Crippen molar-refractivity contribution in [2.75, 3.05) is 25.0 Å². The quantitative estimate of drug-likeness (QED) is 0.401. The summed E-state index contributed by atoms with van der Waals surface area (Å²) < 4.78 is 52.3. The van der Waals surface area contributed by atoms with E-state index in [9.17, 15) is 22.4 Å². The average Bonchev–Trinajstić information content (AvgIpc) is 3.05. The van der Waals surface area contributed by atoms with Gasteiger partial charge in [-0.1, -0.05) is 24.6 Å². The normalized spacial score (nSPS) is 18.6. The summed E-state index contributed by atoms with van der Waals surface area (Å²) in [6.07, 6.45) is 0.790. The highest BCUT2D eigenvalue weighted by Crippen LogP contribution is 2.36. The van der Waals surface area contributed by atoms with Gasteiger partial charge in [-0.3, -0.25) is 9.69 Å². The molecule has 8 heteroatoms. The van der Waals surface area contributed by atoms with Gasteiger partial charge in [0.1, 0.15) is 5.82 Å². The molecule has 2 heterocycles. The molecule has 1 amide bonds. The van der Waals surface area contributed by atoms with Crippen LogP contribution in [0.3, 0.4) is 0 Å². The summed E-state index contributed by atoms with van der Waals surface area (Å²) in [5, 5.41) is 2.80. The number of alkyl halides is 3. The number of carbonyl (C=O) groups is 1. The van der Waals surface area contributed by atoms with Crippen LogP contribution in [0.15, 0.2) is 48.5 Å². The predicted molar refractivity (Wildman–Crippen MR) is 119 cm³/mol. The first-order chi connectivity index (χ1) is 14.8. The molecule has 172 valence electrons. The summed E-state index contributed by atoms with van der Waals surface area (Å²) in [4.78, 5) is 14.4. The van der Waals surface area contributed by atoms with Crippen molar-refractivity contribution in [3.8, 4) is 0 Å². The zero-order chi connectivity index (χ0) is 22.0. The van der Waals surface area contributed by atoms with Crippen LogP contribution in [0, 0.1) is 5.82 Å². The SMILES string of the molecule is Cl.O=C1Nc2ccc(F)cc2C1CCCCN1CC=C(c2cccc(C(F)(F)F)c2)CC1. The molecule has 0 saturated heterocycles. The summed E-state index contributed by atoms with van der Waals surface area (Å²) in [6, 6.07) is 9.87. The summed E-state index contributed by atoms with van der Waals surface area (Å²) in [7, 11) is 0. The van der Waals surface area contributed by atoms with Crippen LogP contribution >= 0.6 is 12.4 Å². The molecule has 4 rings (SSSR count). The van der Waals surface area contributed by atoms with Crippen LogP contribution in [-0.2, 0) is 11.0 Å². The van der Waals surface area contributed by atoms with Gasteiger partial charge < -0.3 is 5.32 Å². The van der Waals surface area contributed by atoms with Crippen molar-refractivity contribution in [2.24, 2.45) is 0 Å². The first-order valence-electron chi connectivity index (χ1n) is 10.5. The van der Waals surface area contributed by atoms with Gasteiger partial charge in [0.25, 0.3) is 0 Å². The lowest BCUT2D eigenvalue weighted by molar-refractivity contribution is -0.137. The summed E-state index contributed by atoms with van der Waals surface area (Å²) in [5.41, 5.74) is 2.39. The number of carbonyl (C=O) groups excluding carboxylic acids is 1. The Balaban J connectivity index is 0.00000289. The number of fused-ring (bicyclic) bond motifs is 1. The lowest BCUT2D eigenvalue weighted by Crippen LogP contribution is -2.29. The van der Waals surface area contributed by atoms with Crippen molar-refractivity contribution in [1.82, 2.24) is 4.90 Å². The summed E-state index contributed by atoms with van der Waals surface area (Å²) in [5.74, 6) is -0.719. The van der Waals surface area contributed by atoms with Crippen LogP contribution in [0.4, 0.5) is 23.2 Å². The van der Waals surface area contributed by atoms with Crippen molar-refractivity contribution in [3.05, 3.63) is 71.0 Å². The highest BCUT2D eigenvalue weighted by molar-refractivity contribution is 6.02. The number of unbranched alkanes of at least 4 members (excludes halogenated alkanes) is 1. The van der Waals surface area contributed by atoms with Gasteiger partial charge in [0.15, 0.2) is 0 Å². The fourth-order valence-electron chi connectivity index (χ4n) is 4.34. The second-order valence-corrected chi connectivity index (χ2v) is 8.13. The monoisotopic (exact) mass is 468 g/mol. The number of rotatable bonds is 6. The van der Waals surface area contributed by atoms with E-state index in [0.29, 0.717) is 30.6 Å². The minimum atomic E-state index is -4.33. The van der Waals surface area contributed by atoms with Crippen LogP contribution < -0.4 is 5.32 Å². The Labute approximate surface area is 190 Å². The molecule has 0 fully saturated rings. The number of nitrogens with one attached hydrogen (secondary N) is 1. The minimum absolute atomic E-state index is 0. The Morgan fingerprint density at radius 3 is 2.62 bits per heavy atom. The zero-order valence-electron chi connectivity index (χ0n) is 17.4. The third-order valence-corrected chi connectivity index (χ3v) is 6.03. The molecule has 1 atom stereocenters. The molecule has 0 radical (unpaired) electrons. The van der Waals surface area contributed by atoms with Gasteiger partial charge in [0.05, 0.1) is 11.5 Å². The van der Waals surface area contributed by atoms with E-state index in [0.717, 1.165) is 43.1 Å². The summed E-state index contributed by atoms with van der Waals surface area (Å²) >= 11 is 0. The van der Waals surface area contributed by atoms with Crippen LogP contribution in [0.2, 0.25) is 0 Å². The molecule has 2 aliphatic rings. The van der Waals surface area contributed by atoms with Crippen LogP contribution in [0.1, 0.15) is 48.3 Å². The number of hydrogen-bond donors (Lipinski definition) is 1. The topological polar surface area (TPSA) is 32.3 Å². The lowest BCUT2D eigenvalue weighted by atomic mass is 9.94. The molecule has 32 heavy (non-hydrogen) atoms. The molecule has 0 aromatic heterocycles. The second-order valence-electron chi connectivity index (χ2n) is 8.13. The van der Waals surface area contributed by atoms with Gasteiger partial charge in [-0.15, -0.1) is 12.4 Å². The van der Waals surface area contributed by atoms with E-state index in [1.807, 2.05) is 6.08 Å². The lowest BCUT2D eigenvalue weighted by Gasteiger charge is -2.26. The number of halogens is 5. The van der Waals surface area contributed by atoms with Gasteiger partial charge in [-0.25, -0.2) is 4.39 Å². The highest BCUT2D eigenvalue weighted by Gasteiger charge is 2.31. The molecule has 1 unspecified atom stereocenters. The maximum absolute atomic E-state index is 13.5. The van der Waals surface area contributed by atoms with Gasteiger partial charge in [-0.2, -0.15) is 13.2 Å². The Bertz CT molecular complexity index is 1010. The van der Waals surface area contributed by atoms with E-state index >= 15 is 0 Å². The first-order valence-corrected chi connectivity index (χ1v) is 10.5. The molecule has 0 saturated carbocycles. The van der Waals surface area contributed by atoms with Crippen LogP contribution in [-0.4, -0.2) is 30.4 Å². The van der Waals surface area contributed by atoms with E-state index in [4.69, 9.17) is 0 Å². The van der Waals surface area contributed by atoms with Gasteiger partial charge in [0.2, 0.25) is 5.91 Å².